The predicted molar refractivity (Wildman–Crippen MR) is 48.2 cm³/mol. The maximum absolute atomic E-state index is 6.75. The molecule has 0 radical (unpaired) electrons. The van der Waals surface area contributed by atoms with Gasteiger partial charge in [0.2, 0.25) is 5.75 Å². The summed E-state index contributed by atoms with van der Waals surface area (Å²) in [4.78, 5) is 7.11. The molecular formula is C9H10N2O2. The zero-order chi connectivity index (χ0) is 9.68. The minimum atomic E-state index is 0.306. The molecule has 68 valence electrons. The topological polar surface area (TPSA) is 35.7 Å². The fourth-order valence-corrected chi connectivity index (χ4v) is 0.892. The van der Waals surface area contributed by atoms with Crippen LogP contribution < -0.4 is 9.47 Å². The monoisotopic (exact) mass is 178 g/mol. The predicted octanol–water partition coefficient (Wildman–Crippen LogP) is 2.04. The first-order valence-corrected chi connectivity index (χ1v) is 3.87. The second-order valence-electron chi connectivity index (χ2n) is 2.22. The minimum Gasteiger partial charge on any atom is -0.487 e. The van der Waals surface area contributed by atoms with Gasteiger partial charge in [-0.2, -0.15) is 0 Å². The van der Waals surface area contributed by atoms with Crippen molar-refractivity contribution < 1.29 is 9.47 Å². The van der Waals surface area contributed by atoms with Crippen LogP contribution in [0.2, 0.25) is 0 Å². The number of methoxy groups -OCH3 is 1. The summed E-state index contributed by atoms with van der Waals surface area (Å²) < 4.78 is 10.2. The number of nitrogens with zero attached hydrogens (tertiary/aromatic N) is 2. The largest absolute Gasteiger partial charge is 0.487 e. The molecule has 0 aromatic carbocycles. The Kier molecular flexibility index (Phi) is 3.09. The molecule has 0 amide bonds. The third-order valence-electron chi connectivity index (χ3n) is 1.42. The molecule has 0 fully saturated rings. The summed E-state index contributed by atoms with van der Waals surface area (Å²) in [7, 11) is 1.50. The standard InChI is InChI=1S/C9H10N2O2/c1-4-13-7-5-6-8(10-2)11-9(7)12-3/h5-6H,4H2,1,3H3. The van der Waals surface area contributed by atoms with Gasteiger partial charge in [-0.25, -0.2) is 0 Å². The fraction of sp³-hybridized carbons (Fsp3) is 0.333. The van der Waals surface area contributed by atoms with E-state index in [0.29, 0.717) is 24.1 Å². The van der Waals surface area contributed by atoms with Gasteiger partial charge in [-0.05, 0) is 19.1 Å². The molecule has 1 aromatic rings. The van der Waals surface area contributed by atoms with Crippen molar-refractivity contribution in [2.45, 2.75) is 6.92 Å². The van der Waals surface area contributed by atoms with Crippen LogP contribution in [-0.2, 0) is 0 Å². The van der Waals surface area contributed by atoms with Crippen molar-refractivity contribution in [1.82, 2.24) is 4.98 Å². The quantitative estimate of drug-likeness (QED) is 0.664. The summed E-state index contributed by atoms with van der Waals surface area (Å²) in [5.41, 5.74) is 0. The third kappa shape index (κ3) is 2.09. The van der Waals surface area contributed by atoms with Crippen LogP contribution in [0.5, 0.6) is 11.6 Å². The summed E-state index contributed by atoms with van der Waals surface area (Å²) in [5.74, 6) is 1.23. The van der Waals surface area contributed by atoms with Gasteiger partial charge in [-0.1, -0.05) is 11.6 Å². The highest BCUT2D eigenvalue weighted by Gasteiger charge is 2.09. The van der Waals surface area contributed by atoms with Crippen molar-refractivity contribution in [2.24, 2.45) is 0 Å². The Balaban J connectivity index is 3.02. The van der Waals surface area contributed by atoms with Gasteiger partial charge in [0.1, 0.15) is 0 Å². The molecule has 0 saturated heterocycles. The molecule has 1 rings (SSSR count). The van der Waals surface area contributed by atoms with Crippen LogP contribution in [0.15, 0.2) is 12.1 Å². The molecule has 0 spiro atoms. The maximum atomic E-state index is 6.75. The highest BCUT2D eigenvalue weighted by Crippen LogP contribution is 2.27. The number of hydrogen-bond acceptors (Lipinski definition) is 3. The molecule has 0 aliphatic heterocycles. The lowest BCUT2D eigenvalue weighted by molar-refractivity contribution is 0.304. The summed E-state index contributed by atoms with van der Waals surface area (Å²) in [5, 5.41) is 0. The zero-order valence-electron chi connectivity index (χ0n) is 7.57. The second-order valence-corrected chi connectivity index (χ2v) is 2.22. The summed E-state index contributed by atoms with van der Waals surface area (Å²) in [6.45, 7) is 9.18. The van der Waals surface area contributed by atoms with Crippen molar-refractivity contribution in [3.63, 3.8) is 0 Å². The average Bonchev–Trinajstić information content (AvgIpc) is 2.19. The van der Waals surface area contributed by atoms with E-state index in [4.69, 9.17) is 16.0 Å². The lowest BCUT2D eigenvalue weighted by Crippen LogP contribution is -1.96. The number of ether oxygens (including phenoxy) is 2. The Morgan fingerprint density at radius 1 is 1.54 bits per heavy atom. The molecule has 1 aromatic heterocycles. The Labute approximate surface area is 76.9 Å². The number of hydrogen-bond donors (Lipinski definition) is 0. The Morgan fingerprint density at radius 2 is 2.31 bits per heavy atom. The van der Waals surface area contributed by atoms with Crippen LogP contribution in [-0.4, -0.2) is 18.7 Å². The smallest absolute Gasteiger partial charge is 0.352 e. The van der Waals surface area contributed by atoms with Gasteiger partial charge in [-0.3, -0.25) is 0 Å². The molecule has 1 heterocycles. The van der Waals surface area contributed by atoms with E-state index in [1.165, 1.54) is 7.11 Å². The SMILES string of the molecule is [C-]#[N+]c1ccc(OCC)c(OC)n1. The number of rotatable bonds is 3. The van der Waals surface area contributed by atoms with Crippen molar-refractivity contribution >= 4 is 5.82 Å². The van der Waals surface area contributed by atoms with E-state index in [9.17, 15) is 0 Å². The summed E-state index contributed by atoms with van der Waals surface area (Å²) in [6, 6.07) is 3.28. The molecule has 0 N–H and O–H groups in total. The van der Waals surface area contributed by atoms with Gasteiger partial charge in [0, 0.05) is 0 Å². The van der Waals surface area contributed by atoms with Crippen molar-refractivity contribution in [2.75, 3.05) is 13.7 Å². The van der Waals surface area contributed by atoms with Crippen molar-refractivity contribution in [3.05, 3.63) is 23.5 Å². The highest BCUT2D eigenvalue weighted by atomic mass is 16.5. The molecular weight excluding hydrogens is 168 g/mol. The zero-order valence-corrected chi connectivity index (χ0v) is 7.57. The van der Waals surface area contributed by atoms with Crippen LogP contribution in [0, 0.1) is 6.57 Å². The average molecular weight is 178 g/mol. The highest BCUT2D eigenvalue weighted by molar-refractivity contribution is 5.45. The molecule has 0 saturated carbocycles. The van der Waals surface area contributed by atoms with Crippen LogP contribution >= 0.6 is 0 Å². The lowest BCUT2D eigenvalue weighted by Gasteiger charge is -2.04. The van der Waals surface area contributed by atoms with Gasteiger partial charge in [0.15, 0.2) is 0 Å². The second kappa shape index (κ2) is 4.31. The van der Waals surface area contributed by atoms with Crippen LogP contribution in [0.1, 0.15) is 6.92 Å². The lowest BCUT2D eigenvalue weighted by atomic mass is 10.4. The van der Waals surface area contributed by atoms with Gasteiger partial charge in [0.25, 0.3) is 5.82 Å². The van der Waals surface area contributed by atoms with Gasteiger partial charge >= 0.3 is 5.88 Å². The van der Waals surface area contributed by atoms with E-state index in [2.05, 4.69) is 9.83 Å². The van der Waals surface area contributed by atoms with Crippen molar-refractivity contribution in [3.8, 4) is 11.6 Å². The van der Waals surface area contributed by atoms with Crippen molar-refractivity contribution in [1.29, 1.82) is 0 Å². The molecule has 0 bridgehead atoms. The maximum Gasteiger partial charge on any atom is 0.352 e. The van der Waals surface area contributed by atoms with Crippen LogP contribution in [0.25, 0.3) is 4.85 Å². The van der Waals surface area contributed by atoms with Gasteiger partial charge in [0.05, 0.1) is 13.7 Å². The number of aromatic nitrogens is 1. The first kappa shape index (κ1) is 9.33. The van der Waals surface area contributed by atoms with E-state index < -0.39 is 0 Å². The molecule has 0 unspecified atom stereocenters. The summed E-state index contributed by atoms with van der Waals surface area (Å²) in [6.07, 6.45) is 0. The van der Waals surface area contributed by atoms with E-state index in [-0.39, 0.29) is 0 Å². The third-order valence-corrected chi connectivity index (χ3v) is 1.42. The summed E-state index contributed by atoms with van der Waals surface area (Å²) >= 11 is 0. The number of pyridine rings is 1. The van der Waals surface area contributed by atoms with E-state index in [1.54, 1.807) is 12.1 Å². The first-order valence-electron chi connectivity index (χ1n) is 3.87. The van der Waals surface area contributed by atoms with Crippen LogP contribution in [0.3, 0.4) is 0 Å². The molecule has 4 heteroatoms. The molecule has 4 nitrogen and oxygen atoms in total. The first-order chi connectivity index (χ1) is 6.31. The Bertz CT molecular complexity index is 331. The molecule has 0 aliphatic rings. The van der Waals surface area contributed by atoms with E-state index in [0.717, 1.165) is 0 Å². The molecule has 0 aliphatic carbocycles. The van der Waals surface area contributed by atoms with Crippen LogP contribution in [0.4, 0.5) is 5.82 Å². The fourth-order valence-electron chi connectivity index (χ4n) is 0.892. The Morgan fingerprint density at radius 3 is 2.85 bits per heavy atom. The van der Waals surface area contributed by atoms with Gasteiger partial charge in [-0.15, -0.1) is 0 Å². The van der Waals surface area contributed by atoms with E-state index in [1.807, 2.05) is 6.92 Å². The Hall–Kier alpha value is -1.76. The van der Waals surface area contributed by atoms with E-state index >= 15 is 0 Å². The normalized spacial score (nSPS) is 9.00. The minimum absolute atomic E-state index is 0.306. The molecule has 13 heavy (non-hydrogen) atoms. The van der Waals surface area contributed by atoms with Gasteiger partial charge < -0.3 is 14.3 Å². The molecule has 0 atom stereocenters.